The minimum atomic E-state index is -3.54. The third-order valence-electron chi connectivity index (χ3n) is 7.02. The summed E-state index contributed by atoms with van der Waals surface area (Å²) in [6, 6.07) is 11.7. The number of morpholine rings is 1. The second kappa shape index (κ2) is 13.5. The molecule has 1 saturated heterocycles. The Labute approximate surface area is 229 Å². The number of halogens is 1. The molecule has 0 unspecified atom stereocenters. The van der Waals surface area contributed by atoms with Crippen LogP contribution in [0.1, 0.15) is 37.3 Å². The maximum atomic E-state index is 13.4. The number of amides is 2. The number of ether oxygens (including phenoxy) is 1. The second-order valence-corrected chi connectivity index (χ2v) is 11.8. The third-order valence-corrected chi connectivity index (χ3v) is 8.56. The molecule has 212 valence electrons. The molecule has 0 radical (unpaired) electrons. The van der Waals surface area contributed by atoms with Crippen LogP contribution in [0.25, 0.3) is 0 Å². The Kier molecular flexibility index (Phi) is 10.1. The minimum Gasteiger partial charge on any atom is -0.379 e. The largest absolute Gasteiger partial charge is 0.379 e. The van der Waals surface area contributed by atoms with Crippen LogP contribution in [0.2, 0.25) is 0 Å². The molecule has 2 aromatic rings. The van der Waals surface area contributed by atoms with Crippen molar-refractivity contribution in [2.24, 2.45) is 0 Å². The maximum absolute atomic E-state index is 13.4. The Balaban J connectivity index is 1.36. The number of rotatable bonds is 13. The minimum absolute atomic E-state index is 0.0259. The maximum Gasteiger partial charge on any atom is 0.242 e. The van der Waals surface area contributed by atoms with Crippen LogP contribution < -0.4 is 10.0 Å². The van der Waals surface area contributed by atoms with Crippen LogP contribution in [0, 0.1) is 5.82 Å². The van der Waals surface area contributed by atoms with E-state index in [-0.39, 0.29) is 41.5 Å². The zero-order valence-electron chi connectivity index (χ0n) is 22.3. The van der Waals surface area contributed by atoms with E-state index in [1.807, 2.05) is 0 Å². The van der Waals surface area contributed by atoms with E-state index in [0.717, 1.165) is 37.1 Å². The standard InChI is InChI=1S/C28H37FN4O5S/c1-21(28(35)30-14-15-32-16-18-38-19-17-32)33(20-23-2-7-24(29)8-3-23)27(34)13-6-22-4-11-26(12-5-22)39(36,37)31-25-9-10-25/h2-5,7-8,11-12,21,25,31H,6,9-10,13-20H2,1H3,(H,30,35)/t21-/m1/s1. The molecular weight excluding hydrogens is 523 g/mol. The van der Waals surface area contributed by atoms with Crippen molar-refractivity contribution >= 4 is 21.8 Å². The number of aryl methyl sites for hydroxylation is 1. The number of hydrogen-bond donors (Lipinski definition) is 2. The highest BCUT2D eigenvalue weighted by Crippen LogP contribution is 2.22. The summed E-state index contributed by atoms with van der Waals surface area (Å²) >= 11 is 0. The molecule has 1 aliphatic carbocycles. The van der Waals surface area contributed by atoms with E-state index in [0.29, 0.717) is 32.7 Å². The Morgan fingerprint density at radius 3 is 2.33 bits per heavy atom. The van der Waals surface area contributed by atoms with Crippen LogP contribution in [-0.2, 0) is 37.3 Å². The average molecular weight is 561 g/mol. The van der Waals surface area contributed by atoms with Crippen molar-refractivity contribution in [1.29, 1.82) is 0 Å². The quantitative estimate of drug-likeness (QED) is 0.389. The van der Waals surface area contributed by atoms with Gasteiger partial charge in [0.1, 0.15) is 11.9 Å². The van der Waals surface area contributed by atoms with Crippen LogP contribution in [0.3, 0.4) is 0 Å². The summed E-state index contributed by atoms with van der Waals surface area (Å²) in [5.41, 5.74) is 1.54. The summed E-state index contributed by atoms with van der Waals surface area (Å²) in [6.07, 6.45) is 2.25. The van der Waals surface area contributed by atoms with Gasteiger partial charge in [-0.1, -0.05) is 24.3 Å². The van der Waals surface area contributed by atoms with Gasteiger partial charge in [0, 0.05) is 45.2 Å². The highest BCUT2D eigenvalue weighted by molar-refractivity contribution is 7.89. The summed E-state index contributed by atoms with van der Waals surface area (Å²) in [4.78, 5) is 30.3. The smallest absolute Gasteiger partial charge is 0.242 e. The van der Waals surface area contributed by atoms with Gasteiger partial charge in [0.05, 0.1) is 18.1 Å². The lowest BCUT2D eigenvalue weighted by molar-refractivity contribution is -0.140. The molecule has 1 atom stereocenters. The average Bonchev–Trinajstić information content (AvgIpc) is 3.75. The Morgan fingerprint density at radius 2 is 1.69 bits per heavy atom. The van der Waals surface area contributed by atoms with Crippen molar-refractivity contribution in [2.75, 3.05) is 39.4 Å². The fourth-order valence-corrected chi connectivity index (χ4v) is 5.70. The molecule has 0 spiro atoms. The number of benzene rings is 2. The first-order valence-corrected chi connectivity index (χ1v) is 14.9. The summed E-state index contributed by atoms with van der Waals surface area (Å²) in [5, 5.41) is 2.93. The van der Waals surface area contributed by atoms with Crippen molar-refractivity contribution < 1.29 is 27.1 Å². The molecule has 9 nitrogen and oxygen atoms in total. The fraction of sp³-hybridized carbons (Fsp3) is 0.500. The van der Waals surface area contributed by atoms with E-state index < -0.39 is 16.1 Å². The molecule has 2 aliphatic rings. The van der Waals surface area contributed by atoms with E-state index in [1.165, 1.54) is 17.0 Å². The highest BCUT2D eigenvalue weighted by Gasteiger charge is 2.28. The number of nitrogens with one attached hydrogen (secondary N) is 2. The predicted molar refractivity (Wildman–Crippen MR) is 145 cm³/mol. The molecule has 39 heavy (non-hydrogen) atoms. The van der Waals surface area contributed by atoms with E-state index in [1.54, 1.807) is 43.3 Å². The van der Waals surface area contributed by atoms with Gasteiger partial charge in [-0.05, 0) is 61.6 Å². The fourth-order valence-electron chi connectivity index (χ4n) is 4.40. The second-order valence-electron chi connectivity index (χ2n) is 10.1. The van der Waals surface area contributed by atoms with Crippen LogP contribution >= 0.6 is 0 Å². The van der Waals surface area contributed by atoms with Crippen molar-refractivity contribution in [2.45, 2.75) is 56.1 Å². The van der Waals surface area contributed by atoms with Gasteiger partial charge in [-0.25, -0.2) is 17.5 Å². The molecule has 2 fully saturated rings. The van der Waals surface area contributed by atoms with Crippen molar-refractivity contribution in [3.63, 3.8) is 0 Å². The Morgan fingerprint density at radius 1 is 1.05 bits per heavy atom. The van der Waals surface area contributed by atoms with E-state index in [9.17, 15) is 22.4 Å². The van der Waals surface area contributed by atoms with E-state index in [2.05, 4.69) is 14.9 Å². The molecular formula is C28H37FN4O5S. The number of carbonyl (C=O) groups excluding carboxylic acids is 2. The molecule has 2 N–H and O–H groups in total. The summed E-state index contributed by atoms with van der Waals surface area (Å²) in [5.74, 6) is -0.845. The highest BCUT2D eigenvalue weighted by atomic mass is 32.2. The number of carbonyl (C=O) groups is 2. The summed E-state index contributed by atoms with van der Waals surface area (Å²) in [7, 11) is -3.54. The molecule has 0 aromatic heterocycles. The Hall–Kier alpha value is -2.86. The lowest BCUT2D eigenvalue weighted by atomic mass is 10.1. The molecule has 0 bridgehead atoms. The van der Waals surface area contributed by atoms with Crippen molar-refractivity contribution in [3.8, 4) is 0 Å². The van der Waals surface area contributed by atoms with Crippen LogP contribution in [0.5, 0.6) is 0 Å². The van der Waals surface area contributed by atoms with E-state index in [4.69, 9.17) is 4.74 Å². The molecule has 11 heteroatoms. The Bertz CT molecular complexity index is 1210. The number of hydrogen-bond acceptors (Lipinski definition) is 6. The SMILES string of the molecule is C[C@H](C(=O)NCCN1CCOCC1)N(Cc1ccc(F)cc1)C(=O)CCc1ccc(S(=O)(=O)NC2CC2)cc1. The van der Waals surface area contributed by atoms with Gasteiger partial charge >= 0.3 is 0 Å². The van der Waals surface area contributed by atoms with Gasteiger partial charge in [-0.2, -0.15) is 0 Å². The lowest BCUT2D eigenvalue weighted by Gasteiger charge is -2.30. The lowest BCUT2D eigenvalue weighted by Crippen LogP contribution is -2.49. The van der Waals surface area contributed by atoms with Crippen molar-refractivity contribution in [1.82, 2.24) is 19.8 Å². The van der Waals surface area contributed by atoms with Gasteiger partial charge < -0.3 is 15.0 Å². The molecule has 1 saturated carbocycles. The van der Waals surface area contributed by atoms with Gasteiger partial charge in [0.2, 0.25) is 21.8 Å². The summed E-state index contributed by atoms with van der Waals surface area (Å²) in [6.45, 7) is 6.04. The first kappa shape index (κ1) is 29.1. The van der Waals surface area contributed by atoms with Gasteiger partial charge in [-0.3, -0.25) is 14.5 Å². The molecule has 1 heterocycles. The number of nitrogens with zero attached hydrogens (tertiary/aromatic N) is 2. The van der Waals surface area contributed by atoms with Gasteiger partial charge in [-0.15, -0.1) is 0 Å². The van der Waals surface area contributed by atoms with Gasteiger partial charge in [0.15, 0.2) is 0 Å². The van der Waals surface area contributed by atoms with Crippen LogP contribution in [-0.4, -0.2) is 81.5 Å². The van der Waals surface area contributed by atoms with E-state index >= 15 is 0 Å². The summed E-state index contributed by atoms with van der Waals surface area (Å²) < 4.78 is 46.3. The van der Waals surface area contributed by atoms with Crippen molar-refractivity contribution in [3.05, 3.63) is 65.5 Å². The number of sulfonamides is 1. The van der Waals surface area contributed by atoms with Gasteiger partial charge in [0.25, 0.3) is 0 Å². The molecule has 2 amide bonds. The predicted octanol–water partition coefficient (Wildman–Crippen LogP) is 2.06. The normalized spacial score (nSPS) is 17.0. The first-order chi connectivity index (χ1) is 18.7. The van der Waals surface area contributed by atoms with Crippen LogP contribution in [0.4, 0.5) is 4.39 Å². The first-order valence-electron chi connectivity index (χ1n) is 13.4. The van der Waals surface area contributed by atoms with Crippen LogP contribution in [0.15, 0.2) is 53.4 Å². The molecule has 4 rings (SSSR count). The topological polar surface area (TPSA) is 108 Å². The molecule has 2 aromatic carbocycles. The zero-order valence-corrected chi connectivity index (χ0v) is 23.1. The zero-order chi connectivity index (χ0) is 27.8. The monoisotopic (exact) mass is 560 g/mol. The molecule has 1 aliphatic heterocycles. The third kappa shape index (κ3) is 8.82.